The van der Waals surface area contributed by atoms with E-state index in [1.807, 2.05) is 4.68 Å². The zero-order chi connectivity index (χ0) is 16.8. The van der Waals surface area contributed by atoms with Crippen LogP contribution >= 0.6 is 0 Å². The van der Waals surface area contributed by atoms with E-state index < -0.39 is 0 Å². The lowest BCUT2D eigenvalue weighted by atomic mass is 10.1. The van der Waals surface area contributed by atoms with E-state index in [-0.39, 0.29) is 5.91 Å². The van der Waals surface area contributed by atoms with Crippen molar-refractivity contribution in [2.24, 2.45) is 5.92 Å². The van der Waals surface area contributed by atoms with Gasteiger partial charge in [0, 0.05) is 12.7 Å². The molecule has 2 rings (SSSR count). The van der Waals surface area contributed by atoms with Crippen molar-refractivity contribution in [3.05, 3.63) is 35.8 Å². The predicted molar refractivity (Wildman–Crippen MR) is 89.8 cm³/mol. The van der Waals surface area contributed by atoms with E-state index in [9.17, 15) is 4.79 Å². The van der Waals surface area contributed by atoms with Crippen LogP contribution in [-0.4, -0.2) is 27.8 Å². The molecule has 124 valence electrons. The molecule has 1 N–H and O–H groups in total. The van der Waals surface area contributed by atoms with Gasteiger partial charge in [-0.15, -0.1) is 0 Å². The zero-order valence-electron chi connectivity index (χ0n) is 14.2. The molecule has 2 aromatic rings. The lowest BCUT2D eigenvalue weighted by Gasteiger charge is -2.11. The number of aromatic nitrogens is 3. The minimum absolute atomic E-state index is 0.243. The largest absolute Gasteiger partial charge is 0.480 e. The highest BCUT2D eigenvalue weighted by atomic mass is 16.5. The lowest BCUT2D eigenvalue weighted by molar-refractivity contribution is 0.102. The highest BCUT2D eigenvalue weighted by Crippen LogP contribution is 2.20. The van der Waals surface area contributed by atoms with E-state index in [0.29, 0.717) is 17.4 Å². The van der Waals surface area contributed by atoms with Crippen LogP contribution in [0, 0.1) is 5.92 Å². The number of nitrogens with one attached hydrogen (secondary N) is 1. The van der Waals surface area contributed by atoms with Gasteiger partial charge < -0.3 is 10.1 Å². The molecule has 0 fully saturated rings. The third kappa shape index (κ3) is 4.09. The van der Waals surface area contributed by atoms with E-state index >= 15 is 0 Å². The second kappa shape index (κ2) is 7.76. The number of aryl methyl sites for hydroxylation is 1. The van der Waals surface area contributed by atoms with Crippen molar-refractivity contribution in [2.45, 2.75) is 40.2 Å². The quantitative estimate of drug-likeness (QED) is 0.852. The fourth-order valence-corrected chi connectivity index (χ4v) is 2.38. The molecule has 0 radical (unpaired) electrons. The smallest absolute Gasteiger partial charge is 0.261 e. The highest BCUT2D eigenvalue weighted by Gasteiger charge is 2.16. The summed E-state index contributed by atoms with van der Waals surface area (Å²) in [6.45, 7) is 7.29. The number of nitrogens with zero attached hydrogens (tertiary/aromatic N) is 3. The number of anilines is 1. The minimum Gasteiger partial charge on any atom is -0.480 e. The van der Waals surface area contributed by atoms with E-state index in [1.54, 1.807) is 24.5 Å². The molecule has 0 aliphatic heterocycles. The summed E-state index contributed by atoms with van der Waals surface area (Å²) in [6.07, 6.45) is 5.16. The van der Waals surface area contributed by atoms with Gasteiger partial charge in [-0.25, -0.2) is 4.98 Å². The third-order valence-electron chi connectivity index (χ3n) is 3.66. The summed E-state index contributed by atoms with van der Waals surface area (Å²) in [4.78, 5) is 16.5. The number of ether oxygens (including phenoxy) is 1. The molecular weight excluding hydrogens is 292 g/mol. The lowest BCUT2D eigenvalue weighted by Crippen LogP contribution is -2.15. The summed E-state index contributed by atoms with van der Waals surface area (Å²) in [5.41, 5.74) is 2.18. The maximum absolute atomic E-state index is 12.5. The van der Waals surface area contributed by atoms with Crippen LogP contribution in [-0.2, 0) is 13.0 Å². The van der Waals surface area contributed by atoms with Gasteiger partial charge in [0.25, 0.3) is 5.91 Å². The van der Waals surface area contributed by atoms with Crippen molar-refractivity contribution in [3.8, 4) is 5.88 Å². The van der Waals surface area contributed by atoms with E-state index in [1.165, 1.54) is 7.11 Å². The molecule has 6 nitrogen and oxygen atoms in total. The monoisotopic (exact) mass is 316 g/mol. The number of rotatable bonds is 7. The van der Waals surface area contributed by atoms with Gasteiger partial charge >= 0.3 is 0 Å². The Hall–Kier alpha value is -2.37. The van der Waals surface area contributed by atoms with Crippen LogP contribution in [0.15, 0.2) is 24.5 Å². The summed E-state index contributed by atoms with van der Waals surface area (Å²) >= 11 is 0. The van der Waals surface area contributed by atoms with E-state index in [2.05, 4.69) is 36.2 Å². The van der Waals surface area contributed by atoms with Gasteiger partial charge in [0.05, 0.1) is 24.7 Å². The molecule has 0 aliphatic rings. The second-order valence-electron chi connectivity index (χ2n) is 5.78. The number of carbonyl (C=O) groups excluding carboxylic acids is 1. The Labute approximate surface area is 136 Å². The van der Waals surface area contributed by atoms with Gasteiger partial charge in [0.2, 0.25) is 5.88 Å². The summed E-state index contributed by atoms with van der Waals surface area (Å²) in [6, 6.07) is 3.40. The molecule has 0 atom stereocenters. The Morgan fingerprint density at radius 1 is 1.43 bits per heavy atom. The van der Waals surface area contributed by atoms with Crippen molar-refractivity contribution in [1.29, 1.82) is 0 Å². The van der Waals surface area contributed by atoms with Crippen LogP contribution in [0.25, 0.3) is 0 Å². The van der Waals surface area contributed by atoms with Gasteiger partial charge in [-0.1, -0.05) is 20.8 Å². The molecule has 0 saturated heterocycles. The second-order valence-corrected chi connectivity index (χ2v) is 5.78. The molecule has 0 aliphatic carbocycles. The Balaban J connectivity index is 2.18. The van der Waals surface area contributed by atoms with E-state index in [0.717, 1.165) is 30.8 Å². The fourth-order valence-electron chi connectivity index (χ4n) is 2.38. The summed E-state index contributed by atoms with van der Waals surface area (Å²) in [5, 5.41) is 7.32. The average Bonchev–Trinajstić information content (AvgIpc) is 2.94. The Kier molecular flexibility index (Phi) is 5.73. The highest BCUT2D eigenvalue weighted by molar-refractivity contribution is 6.06. The molecule has 23 heavy (non-hydrogen) atoms. The van der Waals surface area contributed by atoms with Crippen LogP contribution < -0.4 is 10.1 Å². The molecule has 0 unspecified atom stereocenters. The average molecular weight is 316 g/mol. The molecule has 1 amide bonds. The van der Waals surface area contributed by atoms with Crippen LogP contribution in [0.1, 0.15) is 43.2 Å². The number of amides is 1. The molecule has 0 spiro atoms. The van der Waals surface area contributed by atoms with Crippen LogP contribution in [0.4, 0.5) is 5.69 Å². The number of methoxy groups -OCH3 is 1. The van der Waals surface area contributed by atoms with Crippen molar-refractivity contribution in [3.63, 3.8) is 0 Å². The molecule has 2 heterocycles. The van der Waals surface area contributed by atoms with Gasteiger partial charge in [-0.2, -0.15) is 5.10 Å². The zero-order valence-corrected chi connectivity index (χ0v) is 14.2. The molecule has 0 aromatic carbocycles. The van der Waals surface area contributed by atoms with Crippen molar-refractivity contribution in [2.75, 3.05) is 12.4 Å². The van der Waals surface area contributed by atoms with Crippen LogP contribution in [0.5, 0.6) is 5.88 Å². The van der Waals surface area contributed by atoms with Gasteiger partial charge in [0.15, 0.2) is 0 Å². The minimum atomic E-state index is -0.243. The SMILES string of the molecule is CCc1c(NC(=O)c2cccnc2OC)cnn1CCC(C)C. The Bertz CT molecular complexity index is 664. The van der Waals surface area contributed by atoms with Crippen molar-refractivity contribution < 1.29 is 9.53 Å². The number of pyridine rings is 1. The van der Waals surface area contributed by atoms with E-state index in [4.69, 9.17) is 4.74 Å². The number of hydrogen-bond donors (Lipinski definition) is 1. The van der Waals surface area contributed by atoms with Gasteiger partial charge in [-0.05, 0) is 30.9 Å². The fraction of sp³-hybridized carbons (Fsp3) is 0.471. The van der Waals surface area contributed by atoms with Crippen molar-refractivity contribution in [1.82, 2.24) is 14.8 Å². The third-order valence-corrected chi connectivity index (χ3v) is 3.66. The maximum Gasteiger partial charge on any atom is 0.261 e. The standard InChI is InChI=1S/C17H24N4O2/c1-5-15-14(11-19-21(15)10-8-12(2)3)20-16(22)13-7-6-9-18-17(13)23-4/h6-7,9,11-12H,5,8,10H2,1-4H3,(H,20,22). The molecule has 0 saturated carbocycles. The maximum atomic E-state index is 12.5. The summed E-state index contributed by atoms with van der Waals surface area (Å²) in [5.74, 6) is 0.685. The first kappa shape index (κ1) is 17.0. The Morgan fingerprint density at radius 3 is 2.87 bits per heavy atom. The number of carbonyl (C=O) groups is 1. The first-order valence-corrected chi connectivity index (χ1v) is 7.91. The van der Waals surface area contributed by atoms with Crippen molar-refractivity contribution >= 4 is 11.6 Å². The summed E-state index contributed by atoms with van der Waals surface area (Å²) in [7, 11) is 1.50. The normalized spacial score (nSPS) is 10.8. The molecular formula is C17H24N4O2. The molecule has 6 heteroatoms. The van der Waals surface area contributed by atoms with Crippen LogP contribution in [0.3, 0.4) is 0 Å². The predicted octanol–water partition coefficient (Wildman–Crippen LogP) is 3.15. The van der Waals surface area contributed by atoms with Crippen LogP contribution in [0.2, 0.25) is 0 Å². The Morgan fingerprint density at radius 2 is 2.22 bits per heavy atom. The first-order valence-electron chi connectivity index (χ1n) is 7.91. The van der Waals surface area contributed by atoms with Gasteiger partial charge in [0.1, 0.15) is 5.56 Å². The number of hydrogen-bond acceptors (Lipinski definition) is 4. The molecule has 2 aromatic heterocycles. The van der Waals surface area contributed by atoms with Gasteiger partial charge in [-0.3, -0.25) is 9.48 Å². The topological polar surface area (TPSA) is 69.0 Å². The summed E-state index contributed by atoms with van der Waals surface area (Å²) < 4.78 is 7.11. The first-order chi connectivity index (χ1) is 11.1. The molecule has 0 bridgehead atoms.